The number of piperidine rings is 1. The summed E-state index contributed by atoms with van der Waals surface area (Å²) in [7, 11) is 0. The number of anilines is 1. The average Bonchev–Trinajstić information content (AvgIpc) is 3.17. The molecule has 1 aromatic heterocycles. The number of hydrogen-bond acceptors (Lipinski definition) is 3. The second kappa shape index (κ2) is 9.78. The molecule has 2 aromatic carbocycles. The highest BCUT2D eigenvalue weighted by Gasteiger charge is 2.28. The van der Waals surface area contributed by atoms with Crippen LogP contribution < -0.4 is 4.90 Å². The lowest BCUT2D eigenvalue weighted by atomic mass is 9.95. The van der Waals surface area contributed by atoms with Crippen molar-refractivity contribution in [1.82, 2.24) is 9.80 Å². The lowest BCUT2D eigenvalue weighted by Gasteiger charge is -2.35. The van der Waals surface area contributed by atoms with E-state index in [-0.39, 0.29) is 6.03 Å². The summed E-state index contributed by atoms with van der Waals surface area (Å²) in [6, 6.07) is 18.6. The van der Waals surface area contributed by atoms with Gasteiger partial charge in [0.05, 0.1) is 6.26 Å². The van der Waals surface area contributed by atoms with E-state index in [9.17, 15) is 4.79 Å². The average molecular weight is 432 g/mol. The number of para-hydroxylation sites is 2. The van der Waals surface area contributed by atoms with Crippen LogP contribution >= 0.6 is 0 Å². The van der Waals surface area contributed by atoms with Gasteiger partial charge in [0.2, 0.25) is 0 Å². The molecule has 168 valence electrons. The van der Waals surface area contributed by atoms with Crippen molar-refractivity contribution in [2.75, 3.05) is 44.2 Å². The molecule has 2 fully saturated rings. The van der Waals surface area contributed by atoms with Crippen LogP contribution in [0.15, 0.2) is 65.3 Å². The van der Waals surface area contributed by atoms with Crippen LogP contribution in [-0.2, 0) is 6.42 Å². The Bertz CT molecular complexity index is 1020. The van der Waals surface area contributed by atoms with Gasteiger partial charge in [-0.25, -0.2) is 4.79 Å². The maximum absolute atomic E-state index is 13.3. The summed E-state index contributed by atoms with van der Waals surface area (Å²) < 4.78 is 5.69. The van der Waals surface area contributed by atoms with Gasteiger partial charge in [-0.3, -0.25) is 4.90 Å². The number of nitrogens with zero attached hydrogens (tertiary/aromatic N) is 3. The minimum atomic E-state index is 0.183. The van der Waals surface area contributed by atoms with Gasteiger partial charge in [0.1, 0.15) is 5.58 Å². The summed E-state index contributed by atoms with van der Waals surface area (Å²) in [4.78, 5) is 19.9. The maximum Gasteiger partial charge on any atom is 0.324 e. The third kappa shape index (κ3) is 4.68. The number of furan rings is 1. The summed E-state index contributed by atoms with van der Waals surface area (Å²) in [5.41, 5.74) is 3.30. The van der Waals surface area contributed by atoms with Crippen LogP contribution in [0, 0.1) is 5.92 Å². The lowest BCUT2D eigenvalue weighted by molar-refractivity contribution is 0.150. The summed E-state index contributed by atoms with van der Waals surface area (Å²) in [6.45, 7) is 5.90. The number of likely N-dealkylation sites (tertiary alicyclic amines) is 1. The van der Waals surface area contributed by atoms with E-state index in [0.717, 1.165) is 69.8 Å². The largest absolute Gasteiger partial charge is 0.464 e. The van der Waals surface area contributed by atoms with Gasteiger partial charge in [-0.15, -0.1) is 0 Å². The molecule has 2 saturated heterocycles. The fourth-order valence-electron chi connectivity index (χ4n) is 5.16. The minimum absolute atomic E-state index is 0.183. The van der Waals surface area contributed by atoms with Crippen molar-refractivity contribution >= 4 is 22.7 Å². The number of carbonyl (C=O) groups is 1. The second-order valence-corrected chi connectivity index (χ2v) is 9.22. The smallest absolute Gasteiger partial charge is 0.324 e. The van der Waals surface area contributed by atoms with Crippen molar-refractivity contribution in [2.24, 2.45) is 5.92 Å². The number of urea groups is 1. The van der Waals surface area contributed by atoms with Gasteiger partial charge in [0.25, 0.3) is 0 Å². The van der Waals surface area contributed by atoms with Gasteiger partial charge in [0, 0.05) is 37.3 Å². The number of hydrogen-bond donors (Lipinski definition) is 0. The third-order valence-electron chi connectivity index (χ3n) is 7.07. The molecule has 0 radical (unpaired) electrons. The van der Waals surface area contributed by atoms with Crippen molar-refractivity contribution in [2.45, 2.75) is 32.1 Å². The highest BCUT2D eigenvalue weighted by atomic mass is 16.3. The first kappa shape index (κ1) is 21.1. The van der Waals surface area contributed by atoms with E-state index in [4.69, 9.17) is 4.42 Å². The Kier molecular flexibility index (Phi) is 6.44. The fraction of sp³-hybridized carbons (Fsp3) is 0.444. The number of amides is 2. The maximum atomic E-state index is 13.3. The van der Waals surface area contributed by atoms with E-state index in [1.807, 2.05) is 53.6 Å². The SMILES string of the molecule is O=C1N(CC2CCN(CCc3coc4ccccc34)CC2)CCCCN1c1ccccc1. The summed E-state index contributed by atoms with van der Waals surface area (Å²) in [5, 5.41) is 1.24. The molecular weight excluding hydrogens is 398 g/mol. The van der Waals surface area contributed by atoms with Crippen molar-refractivity contribution in [3.63, 3.8) is 0 Å². The van der Waals surface area contributed by atoms with E-state index >= 15 is 0 Å². The summed E-state index contributed by atoms with van der Waals surface area (Å²) in [6.07, 6.45) is 7.44. The Balaban J connectivity index is 1.13. The molecule has 2 aliphatic heterocycles. The van der Waals surface area contributed by atoms with Gasteiger partial charge in [-0.1, -0.05) is 36.4 Å². The van der Waals surface area contributed by atoms with Gasteiger partial charge in [-0.05, 0) is 74.9 Å². The molecule has 5 rings (SSSR count). The van der Waals surface area contributed by atoms with E-state index in [1.54, 1.807) is 0 Å². The van der Waals surface area contributed by atoms with Gasteiger partial charge >= 0.3 is 6.03 Å². The number of fused-ring (bicyclic) bond motifs is 1. The Morgan fingerprint density at radius 2 is 1.62 bits per heavy atom. The summed E-state index contributed by atoms with van der Waals surface area (Å²) in [5.74, 6) is 0.598. The van der Waals surface area contributed by atoms with Crippen molar-refractivity contribution in [1.29, 1.82) is 0 Å². The van der Waals surface area contributed by atoms with Crippen LogP contribution in [0.25, 0.3) is 11.0 Å². The molecule has 0 atom stereocenters. The highest BCUT2D eigenvalue weighted by Crippen LogP contribution is 2.25. The molecule has 0 spiro atoms. The number of rotatable bonds is 6. The van der Waals surface area contributed by atoms with Crippen molar-refractivity contribution in [3.8, 4) is 0 Å². The molecule has 32 heavy (non-hydrogen) atoms. The zero-order valence-corrected chi connectivity index (χ0v) is 18.8. The highest BCUT2D eigenvalue weighted by molar-refractivity contribution is 5.92. The molecule has 0 unspecified atom stereocenters. The number of carbonyl (C=O) groups excluding carboxylic acids is 1. The van der Waals surface area contributed by atoms with Crippen LogP contribution in [-0.4, -0.2) is 55.1 Å². The molecule has 0 aliphatic carbocycles. The molecule has 0 saturated carbocycles. The van der Waals surface area contributed by atoms with Crippen molar-refractivity contribution in [3.05, 3.63) is 66.4 Å². The normalized spacial score (nSPS) is 18.9. The van der Waals surface area contributed by atoms with Gasteiger partial charge in [0.15, 0.2) is 0 Å². The molecule has 0 N–H and O–H groups in total. The Labute approximate surface area is 190 Å². The molecule has 2 amide bonds. The van der Waals surface area contributed by atoms with E-state index < -0.39 is 0 Å². The molecule has 0 bridgehead atoms. The zero-order chi connectivity index (χ0) is 21.8. The molecular formula is C27H33N3O2. The molecule has 5 heteroatoms. The second-order valence-electron chi connectivity index (χ2n) is 9.22. The van der Waals surface area contributed by atoms with Crippen LogP contribution in [0.4, 0.5) is 10.5 Å². The topological polar surface area (TPSA) is 39.9 Å². The first-order valence-corrected chi connectivity index (χ1v) is 12.1. The zero-order valence-electron chi connectivity index (χ0n) is 18.8. The summed E-state index contributed by atoms with van der Waals surface area (Å²) >= 11 is 0. The predicted octanol–water partition coefficient (Wildman–Crippen LogP) is 5.41. The van der Waals surface area contributed by atoms with E-state index in [2.05, 4.69) is 21.9 Å². The van der Waals surface area contributed by atoms with Crippen LogP contribution in [0.1, 0.15) is 31.2 Å². The van der Waals surface area contributed by atoms with Crippen LogP contribution in [0.3, 0.4) is 0 Å². The third-order valence-corrected chi connectivity index (χ3v) is 7.07. The first-order valence-electron chi connectivity index (χ1n) is 12.1. The first-order chi connectivity index (χ1) is 15.8. The monoisotopic (exact) mass is 431 g/mol. The van der Waals surface area contributed by atoms with Gasteiger partial charge in [-0.2, -0.15) is 0 Å². The fourth-order valence-corrected chi connectivity index (χ4v) is 5.16. The predicted molar refractivity (Wildman–Crippen MR) is 129 cm³/mol. The standard InChI is InChI=1S/C27H33N3O2/c31-27-29(15-6-7-16-30(27)24-8-2-1-3-9-24)20-22-12-17-28(18-13-22)19-14-23-21-32-26-11-5-4-10-25(23)26/h1-5,8-11,21-22H,6-7,12-20H2. The Hall–Kier alpha value is -2.79. The van der Waals surface area contributed by atoms with Crippen LogP contribution in [0.5, 0.6) is 0 Å². The lowest BCUT2D eigenvalue weighted by Crippen LogP contribution is -2.46. The Morgan fingerprint density at radius 1 is 0.875 bits per heavy atom. The van der Waals surface area contributed by atoms with Crippen LogP contribution in [0.2, 0.25) is 0 Å². The number of benzene rings is 2. The molecule has 2 aliphatic rings. The van der Waals surface area contributed by atoms with E-state index in [0.29, 0.717) is 5.92 Å². The van der Waals surface area contributed by atoms with E-state index in [1.165, 1.54) is 23.8 Å². The minimum Gasteiger partial charge on any atom is -0.464 e. The molecule has 3 aromatic rings. The quantitative estimate of drug-likeness (QED) is 0.524. The van der Waals surface area contributed by atoms with Crippen molar-refractivity contribution < 1.29 is 9.21 Å². The molecule has 3 heterocycles. The Morgan fingerprint density at radius 3 is 2.47 bits per heavy atom. The molecule has 5 nitrogen and oxygen atoms in total. The van der Waals surface area contributed by atoms with Gasteiger partial charge < -0.3 is 14.2 Å².